The molecule has 3 heteroatoms. The Kier molecular flexibility index (Phi) is 2.91. The smallest absolute Gasteiger partial charge is 0.337 e. The molecule has 0 unspecified atom stereocenters. The van der Waals surface area contributed by atoms with Gasteiger partial charge in [0.25, 0.3) is 0 Å². The Balaban J connectivity index is 2.68. The molecule has 0 saturated heterocycles. The number of rotatable bonds is 2. The van der Waals surface area contributed by atoms with Crippen molar-refractivity contribution in [1.29, 1.82) is 0 Å². The van der Waals surface area contributed by atoms with Gasteiger partial charge in [-0.05, 0) is 31.0 Å². The van der Waals surface area contributed by atoms with E-state index in [1.165, 1.54) is 0 Å². The molecule has 2 rings (SSSR count). The second-order valence-corrected chi connectivity index (χ2v) is 4.03. The first-order chi connectivity index (χ1) is 8.09. The Morgan fingerprint density at radius 3 is 2.59 bits per heavy atom. The van der Waals surface area contributed by atoms with Gasteiger partial charge in [0.15, 0.2) is 0 Å². The average molecular weight is 227 g/mol. The number of pyridine rings is 1. The quantitative estimate of drug-likeness (QED) is 0.857. The summed E-state index contributed by atoms with van der Waals surface area (Å²) < 4.78 is 0. The van der Waals surface area contributed by atoms with Crippen molar-refractivity contribution in [3.05, 3.63) is 53.2 Å². The molecule has 0 aliphatic heterocycles. The van der Waals surface area contributed by atoms with E-state index >= 15 is 0 Å². The fraction of sp³-hybridized carbons (Fsp3) is 0.143. The van der Waals surface area contributed by atoms with Gasteiger partial charge in [-0.3, -0.25) is 4.98 Å². The monoisotopic (exact) mass is 227 g/mol. The summed E-state index contributed by atoms with van der Waals surface area (Å²) in [5, 5.41) is 9.20. The number of carbonyl (C=O) groups is 1. The first-order valence-electron chi connectivity index (χ1n) is 5.35. The van der Waals surface area contributed by atoms with E-state index in [-0.39, 0.29) is 5.56 Å². The van der Waals surface area contributed by atoms with Crippen LogP contribution in [0.25, 0.3) is 11.3 Å². The number of benzene rings is 1. The van der Waals surface area contributed by atoms with Crippen molar-refractivity contribution in [2.45, 2.75) is 13.8 Å². The van der Waals surface area contributed by atoms with E-state index in [1.54, 1.807) is 12.3 Å². The maximum atomic E-state index is 11.2. The molecule has 1 N–H and O–H groups in total. The van der Waals surface area contributed by atoms with Gasteiger partial charge < -0.3 is 5.11 Å². The van der Waals surface area contributed by atoms with Gasteiger partial charge in [0.1, 0.15) is 0 Å². The largest absolute Gasteiger partial charge is 0.478 e. The van der Waals surface area contributed by atoms with Crippen molar-refractivity contribution in [1.82, 2.24) is 4.98 Å². The topological polar surface area (TPSA) is 50.2 Å². The summed E-state index contributed by atoms with van der Waals surface area (Å²) in [5.74, 6) is -0.945. The SMILES string of the molecule is Cc1cnc(-c2ccccc2C)c(C(=O)O)c1. The number of aromatic nitrogens is 1. The van der Waals surface area contributed by atoms with E-state index < -0.39 is 5.97 Å². The Labute approximate surface area is 99.8 Å². The molecule has 1 aromatic carbocycles. The molecular formula is C14H13NO2. The Hall–Kier alpha value is -2.16. The molecule has 1 aromatic heterocycles. The lowest BCUT2D eigenvalue weighted by Crippen LogP contribution is -2.03. The highest BCUT2D eigenvalue weighted by Crippen LogP contribution is 2.25. The van der Waals surface area contributed by atoms with Crippen LogP contribution in [0.1, 0.15) is 21.5 Å². The maximum Gasteiger partial charge on any atom is 0.337 e. The van der Waals surface area contributed by atoms with Crippen LogP contribution in [-0.4, -0.2) is 16.1 Å². The van der Waals surface area contributed by atoms with Crippen molar-refractivity contribution in [2.75, 3.05) is 0 Å². The van der Waals surface area contributed by atoms with Crippen LogP contribution in [0.4, 0.5) is 0 Å². The third kappa shape index (κ3) is 2.18. The number of hydrogen-bond donors (Lipinski definition) is 1. The van der Waals surface area contributed by atoms with Crippen LogP contribution in [-0.2, 0) is 0 Å². The zero-order valence-electron chi connectivity index (χ0n) is 9.77. The van der Waals surface area contributed by atoms with Crippen LogP contribution in [0.5, 0.6) is 0 Å². The van der Waals surface area contributed by atoms with Gasteiger partial charge in [-0.1, -0.05) is 24.3 Å². The average Bonchev–Trinajstić information content (AvgIpc) is 2.30. The molecule has 0 atom stereocenters. The fourth-order valence-electron chi connectivity index (χ4n) is 1.79. The first kappa shape index (κ1) is 11.3. The third-order valence-corrected chi connectivity index (χ3v) is 2.66. The first-order valence-corrected chi connectivity index (χ1v) is 5.35. The molecular weight excluding hydrogens is 214 g/mol. The normalized spacial score (nSPS) is 10.2. The molecule has 0 aliphatic carbocycles. The van der Waals surface area contributed by atoms with Crippen molar-refractivity contribution in [3.63, 3.8) is 0 Å². The summed E-state index contributed by atoms with van der Waals surface area (Å²) >= 11 is 0. The zero-order valence-corrected chi connectivity index (χ0v) is 9.77. The lowest BCUT2D eigenvalue weighted by molar-refractivity contribution is 0.0697. The van der Waals surface area contributed by atoms with Crippen LogP contribution >= 0.6 is 0 Å². The van der Waals surface area contributed by atoms with Crippen LogP contribution < -0.4 is 0 Å². The van der Waals surface area contributed by atoms with Crippen LogP contribution in [0, 0.1) is 13.8 Å². The maximum absolute atomic E-state index is 11.2. The molecule has 2 aromatic rings. The number of aryl methyl sites for hydroxylation is 2. The van der Waals surface area contributed by atoms with E-state index in [4.69, 9.17) is 0 Å². The highest BCUT2D eigenvalue weighted by molar-refractivity contribution is 5.95. The van der Waals surface area contributed by atoms with Gasteiger partial charge in [-0.25, -0.2) is 4.79 Å². The molecule has 0 fully saturated rings. The van der Waals surface area contributed by atoms with E-state index in [0.29, 0.717) is 5.69 Å². The van der Waals surface area contributed by atoms with Crippen LogP contribution in [0.15, 0.2) is 36.5 Å². The minimum atomic E-state index is -0.945. The second-order valence-electron chi connectivity index (χ2n) is 4.03. The van der Waals surface area contributed by atoms with Crippen LogP contribution in [0.3, 0.4) is 0 Å². The molecule has 0 bridgehead atoms. The Bertz CT molecular complexity index is 576. The van der Waals surface area contributed by atoms with Gasteiger partial charge in [-0.15, -0.1) is 0 Å². The number of carboxylic acid groups (broad SMARTS) is 1. The minimum Gasteiger partial charge on any atom is -0.478 e. The molecule has 0 spiro atoms. The molecule has 0 amide bonds. The summed E-state index contributed by atoms with van der Waals surface area (Å²) in [7, 11) is 0. The highest BCUT2D eigenvalue weighted by Gasteiger charge is 2.14. The van der Waals surface area contributed by atoms with E-state index in [1.807, 2.05) is 38.1 Å². The van der Waals surface area contributed by atoms with Crippen molar-refractivity contribution in [2.24, 2.45) is 0 Å². The Morgan fingerprint density at radius 2 is 1.94 bits per heavy atom. The van der Waals surface area contributed by atoms with E-state index in [9.17, 15) is 9.90 Å². The van der Waals surface area contributed by atoms with Gasteiger partial charge in [0.05, 0.1) is 11.3 Å². The molecule has 0 saturated carbocycles. The van der Waals surface area contributed by atoms with Gasteiger partial charge >= 0.3 is 5.97 Å². The van der Waals surface area contributed by atoms with Crippen LogP contribution in [0.2, 0.25) is 0 Å². The standard InChI is InChI=1S/C14H13NO2/c1-9-7-12(14(16)17)13(15-8-9)11-6-4-3-5-10(11)2/h3-8H,1-2H3,(H,16,17). The fourth-order valence-corrected chi connectivity index (χ4v) is 1.79. The number of nitrogens with zero attached hydrogens (tertiary/aromatic N) is 1. The lowest BCUT2D eigenvalue weighted by atomic mass is 10.0. The molecule has 0 radical (unpaired) electrons. The Morgan fingerprint density at radius 1 is 1.24 bits per heavy atom. The molecule has 86 valence electrons. The second kappa shape index (κ2) is 4.37. The summed E-state index contributed by atoms with van der Waals surface area (Å²) in [6.07, 6.45) is 1.69. The summed E-state index contributed by atoms with van der Waals surface area (Å²) in [6.45, 7) is 3.78. The number of hydrogen-bond acceptors (Lipinski definition) is 2. The number of aromatic carboxylic acids is 1. The highest BCUT2D eigenvalue weighted by atomic mass is 16.4. The zero-order chi connectivity index (χ0) is 12.4. The van der Waals surface area contributed by atoms with E-state index in [2.05, 4.69) is 4.98 Å². The molecule has 17 heavy (non-hydrogen) atoms. The van der Waals surface area contributed by atoms with Gasteiger partial charge in [0.2, 0.25) is 0 Å². The third-order valence-electron chi connectivity index (χ3n) is 2.66. The number of carboxylic acids is 1. The van der Waals surface area contributed by atoms with Gasteiger partial charge in [0, 0.05) is 11.8 Å². The molecule has 3 nitrogen and oxygen atoms in total. The van der Waals surface area contributed by atoms with Gasteiger partial charge in [-0.2, -0.15) is 0 Å². The van der Waals surface area contributed by atoms with Crippen molar-refractivity contribution in [3.8, 4) is 11.3 Å². The van der Waals surface area contributed by atoms with E-state index in [0.717, 1.165) is 16.7 Å². The minimum absolute atomic E-state index is 0.249. The summed E-state index contributed by atoms with van der Waals surface area (Å²) in [5.41, 5.74) is 3.51. The summed E-state index contributed by atoms with van der Waals surface area (Å²) in [6, 6.07) is 9.29. The predicted octanol–water partition coefficient (Wildman–Crippen LogP) is 3.06. The predicted molar refractivity (Wildman–Crippen MR) is 66.1 cm³/mol. The van der Waals surface area contributed by atoms with Crippen molar-refractivity contribution < 1.29 is 9.90 Å². The lowest BCUT2D eigenvalue weighted by Gasteiger charge is -2.08. The summed E-state index contributed by atoms with van der Waals surface area (Å²) in [4.78, 5) is 15.5. The molecule has 0 aliphatic rings. The van der Waals surface area contributed by atoms with Crippen molar-refractivity contribution >= 4 is 5.97 Å². The molecule has 1 heterocycles.